The predicted molar refractivity (Wildman–Crippen MR) is 97.2 cm³/mol. The van der Waals surface area contributed by atoms with Gasteiger partial charge in [0.25, 0.3) is 0 Å². The summed E-state index contributed by atoms with van der Waals surface area (Å²) in [5.74, 6) is 0.902. The van der Waals surface area contributed by atoms with Gasteiger partial charge in [-0.15, -0.1) is 0 Å². The van der Waals surface area contributed by atoms with Gasteiger partial charge in [-0.1, -0.05) is 61.2 Å². The van der Waals surface area contributed by atoms with Crippen LogP contribution in [0.4, 0.5) is 0 Å². The second kappa shape index (κ2) is 7.89. The molecule has 0 saturated heterocycles. The molecule has 0 heterocycles. The first kappa shape index (κ1) is 15.7. The molecule has 0 aliphatic rings. The Labute approximate surface area is 142 Å². The number of ether oxygens (including phenoxy) is 1. The molecule has 0 radical (unpaired) electrons. The maximum atomic E-state index is 5.82. The molecule has 3 rings (SSSR count). The summed E-state index contributed by atoms with van der Waals surface area (Å²) < 4.78 is 5.82. The standard InChI is InChI=1S/C21H20OS/c1-2-17-8-12-20(13-9-17)23-21-14-10-19(11-15-21)22-16-18-6-4-3-5-7-18/h3-15H,2,16H2,1H3. The van der Waals surface area contributed by atoms with Crippen molar-refractivity contribution < 1.29 is 4.74 Å². The van der Waals surface area contributed by atoms with Gasteiger partial charge in [-0.2, -0.15) is 0 Å². The first-order valence-electron chi connectivity index (χ1n) is 7.87. The molecule has 1 nitrogen and oxygen atoms in total. The van der Waals surface area contributed by atoms with Crippen LogP contribution >= 0.6 is 11.8 Å². The van der Waals surface area contributed by atoms with Crippen molar-refractivity contribution in [2.75, 3.05) is 0 Å². The van der Waals surface area contributed by atoms with E-state index in [1.165, 1.54) is 20.9 Å². The topological polar surface area (TPSA) is 9.23 Å². The summed E-state index contributed by atoms with van der Waals surface area (Å²) in [6.07, 6.45) is 1.08. The molecule has 0 saturated carbocycles. The van der Waals surface area contributed by atoms with Crippen molar-refractivity contribution in [3.05, 3.63) is 90.0 Å². The van der Waals surface area contributed by atoms with E-state index in [9.17, 15) is 0 Å². The highest BCUT2D eigenvalue weighted by molar-refractivity contribution is 7.99. The van der Waals surface area contributed by atoms with E-state index in [-0.39, 0.29) is 0 Å². The van der Waals surface area contributed by atoms with Crippen LogP contribution in [-0.4, -0.2) is 0 Å². The predicted octanol–water partition coefficient (Wildman–Crippen LogP) is 5.98. The molecule has 3 aromatic rings. The van der Waals surface area contributed by atoms with E-state index >= 15 is 0 Å². The zero-order chi connectivity index (χ0) is 15.9. The summed E-state index contributed by atoms with van der Waals surface area (Å²) in [5, 5.41) is 0. The Morgan fingerprint density at radius 2 is 1.30 bits per heavy atom. The van der Waals surface area contributed by atoms with E-state index in [0.29, 0.717) is 6.61 Å². The van der Waals surface area contributed by atoms with Crippen molar-refractivity contribution in [3.8, 4) is 5.75 Å². The first-order valence-corrected chi connectivity index (χ1v) is 8.69. The van der Waals surface area contributed by atoms with Crippen LogP contribution in [0.25, 0.3) is 0 Å². The van der Waals surface area contributed by atoms with E-state index in [1.807, 2.05) is 30.3 Å². The highest BCUT2D eigenvalue weighted by Gasteiger charge is 2.00. The summed E-state index contributed by atoms with van der Waals surface area (Å²) in [4.78, 5) is 2.49. The maximum Gasteiger partial charge on any atom is 0.119 e. The summed E-state index contributed by atoms with van der Waals surface area (Å²) in [5.41, 5.74) is 2.56. The SMILES string of the molecule is CCc1ccc(Sc2ccc(OCc3ccccc3)cc2)cc1. The van der Waals surface area contributed by atoms with Crippen LogP contribution < -0.4 is 4.74 Å². The van der Waals surface area contributed by atoms with Crippen LogP contribution in [0, 0.1) is 0 Å². The highest BCUT2D eigenvalue weighted by Crippen LogP contribution is 2.29. The summed E-state index contributed by atoms with van der Waals surface area (Å²) in [6, 6.07) is 27.3. The van der Waals surface area contributed by atoms with Gasteiger partial charge in [0.05, 0.1) is 0 Å². The Morgan fingerprint density at radius 1 is 0.696 bits per heavy atom. The van der Waals surface area contributed by atoms with Gasteiger partial charge in [0.1, 0.15) is 12.4 Å². The van der Waals surface area contributed by atoms with E-state index < -0.39 is 0 Å². The minimum Gasteiger partial charge on any atom is -0.489 e. The Bertz CT molecular complexity index is 718. The number of rotatable bonds is 6. The van der Waals surface area contributed by atoms with E-state index in [4.69, 9.17) is 4.74 Å². The quantitative estimate of drug-likeness (QED) is 0.552. The van der Waals surface area contributed by atoms with Crippen molar-refractivity contribution in [2.45, 2.75) is 29.7 Å². The second-order valence-electron chi connectivity index (χ2n) is 5.35. The number of hydrogen-bond donors (Lipinski definition) is 0. The zero-order valence-corrected chi connectivity index (χ0v) is 14.1. The molecule has 0 amide bonds. The minimum atomic E-state index is 0.603. The molecule has 23 heavy (non-hydrogen) atoms. The van der Waals surface area contributed by atoms with Crippen molar-refractivity contribution in [1.82, 2.24) is 0 Å². The molecule has 2 heteroatoms. The second-order valence-corrected chi connectivity index (χ2v) is 6.49. The zero-order valence-electron chi connectivity index (χ0n) is 13.2. The molecule has 3 aromatic carbocycles. The van der Waals surface area contributed by atoms with E-state index in [1.54, 1.807) is 11.8 Å². The third-order valence-electron chi connectivity index (χ3n) is 3.64. The van der Waals surface area contributed by atoms with Crippen LogP contribution in [-0.2, 0) is 13.0 Å². The molecule has 0 N–H and O–H groups in total. The van der Waals surface area contributed by atoms with Crippen LogP contribution in [0.15, 0.2) is 88.7 Å². The molecule has 0 spiro atoms. The smallest absolute Gasteiger partial charge is 0.119 e. The largest absolute Gasteiger partial charge is 0.489 e. The lowest BCUT2D eigenvalue weighted by molar-refractivity contribution is 0.306. The van der Waals surface area contributed by atoms with Crippen molar-refractivity contribution >= 4 is 11.8 Å². The normalized spacial score (nSPS) is 10.5. The molecule has 0 aliphatic heterocycles. The Hall–Kier alpha value is -2.19. The van der Waals surface area contributed by atoms with Crippen LogP contribution in [0.5, 0.6) is 5.75 Å². The first-order chi connectivity index (χ1) is 11.3. The Morgan fingerprint density at radius 3 is 1.91 bits per heavy atom. The maximum absolute atomic E-state index is 5.82. The fraction of sp³-hybridized carbons (Fsp3) is 0.143. The Balaban J connectivity index is 1.58. The van der Waals surface area contributed by atoms with Crippen molar-refractivity contribution in [3.63, 3.8) is 0 Å². The molecule has 0 aliphatic carbocycles. The Kier molecular flexibility index (Phi) is 5.38. The molecule has 0 bridgehead atoms. The average Bonchev–Trinajstić information content (AvgIpc) is 2.63. The summed E-state index contributed by atoms with van der Waals surface area (Å²) >= 11 is 1.77. The van der Waals surface area contributed by atoms with Gasteiger partial charge in [-0.3, -0.25) is 0 Å². The molecular formula is C21H20OS. The van der Waals surface area contributed by atoms with E-state index in [2.05, 4.69) is 55.5 Å². The lowest BCUT2D eigenvalue weighted by atomic mass is 10.2. The molecule has 116 valence electrons. The molecule has 0 atom stereocenters. The lowest BCUT2D eigenvalue weighted by Crippen LogP contribution is -1.94. The third-order valence-corrected chi connectivity index (χ3v) is 4.66. The summed E-state index contributed by atoms with van der Waals surface area (Å²) in [6.45, 7) is 2.78. The van der Waals surface area contributed by atoms with Crippen LogP contribution in [0.3, 0.4) is 0 Å². The monoisotopic (exact) mass is 320 g/mol. The summed E-state index contributed by atoms with van der Waals surface area (Å²) in [7, 11) is 0. The van der Waals surface area contributed by atoms with Gasteiger partial charge >= 0.3 is 0 Å². The molecule has 0 aromatic heterocycles. The van der Waals surface area contributed by atoms with Crippen molar-refractivity contribution in [1.29, 1.82) is 0 Å². The fourth-order valence-electron chi connectivity index (χ4n) is 2.27. The van der Waals surface area contributed by atoms with Gasteiger partial charge in [-0.05, 0) is 53.9 Å². The van der Waals surface area contributed by atoms with Crippen LogP contribution in [0.1, 0.15) is 18.1 Å². The number of hydrogen-bond acceptors (Lipinski definition) is 2. The van der Waals surface area contributed by atoms with Crippen molar-refractivity contribution in [2.24, 2.45) is 0 Å². The van der Waals surface area contributed by atoms with E-state index in [0.717, 1.165) is 12.2 Å². The van der Waals surface area contributed by atoms with Crippen LogP contribution in [0.2, 0.25) is 0 Å². The fourth-order valence-corrected chi connectivity index (χ4v) is 3.09. The number of benzene rings is 3. The van der Waals surface area contributed by atoms with Gasteiger partial charge in [0.2, 0.25) is 0 Å². The highest BCUT2D eigenvalue weighted by atomic mass is 32.2. The van der Waals surface area contributed by atoms with Gasteiger partial charge in [0.15, 0.2) is 0 Å². The lowest BCUT2D eigenvalue weighted by Gasteiger charge is -2.07. The van der Waals surface area contributed by atoms with Gasteiger partial charge in [-0.25, -0.2) is 0 Å². The minimum absolute atomic E-state index is 0.603. The molecular weight excluding hydrogens is 300 g/mol. The average molecular weight is 320 g/mol. The molecule has 0 unspecified atom stereocenters. The molecule has 0 fully saturated rings. The number of aryl methyl sites for hydroxylation is 1. The van der Waals surface area contributed by atoms with Gasteiger partial charge < -0.3 is 4.74 Å². The third kappa shape index (κ3) is 4.64. The van der Waals surface area contributed by atoms with Gasteiger partial charge in [0, 0.05) is 9.79 Å².